The van der Waals surface area contributed by atoms with Crippen LogP contribution in [0, 0.1) is 0 Å². The molecule has 0 N–H and O–H groups in total. The first kappa shape index (κ1) is 17.2. The lowest BCUT2D eigenvalue weighted by Gasteiger charge is -2.35. The largest absolute Gasteiger partial charge is 0.308 e. The number of anilines is 1. The topological polar surface area (TPSA) is 20.3 Å². The standard InChI is InChI=1S/C23H25NO/c1-4-11-21-23(3,16-5-2)19-14-9-10-15-20(19)24(21)22(25)17-18-12-7-6-8-13-18/h4-10,12-15,21H,1-2,11,16-17H2,3H3. The third-order valence-electron chi connectivity index (χ3n) is 5.25. The number of hydrogen-bond donors (Lipinski definition) is 0. The van der Waals surface area contributed by atoms with Crippen molar-refractivity contribution in [3.8, 4) is 0 Å². The van der Waals surface area contributed by atoms with Crippen molar-refractivity contribution in [2.45, 2.75) is 37.6 Å². The minimum atomic E-state index is -0.140. The quantitative estimate of drug-likeness (QED) is 0.678. The second-order valence-electron chi connectivity index (χ2n) is 6.89. The maximum atomic E-state index is 13.2. The summed E-state index contributed by atoms with van der Waals surface area (Å²) in [5.41, 5.74) is 3.15. The van der Waals surface area contributed by atoms with Crippen LogP contribution in [0.15, 0.2) is 79.9 Å². The molecule has 0 radical (unpaired) electrons. The number of benzene rings is 2. The van der Waals surface area contributed by atoms with Crippen LogP contribution in [0.5, 0.6) is 0 Å². The maximum absolute atomic E-state index is 13.2. The van der Waals surface area contributed by atoms with E-state index in [9.17, 15) is 4.79 Å². The Morgan fingerprint density at radius 3 is 2.44 bits per heavy atom. The molecule has 1 aliphatic rings. The highest BCUT2D eigenvalue weighted by molar-refractivity contribution is 5.98. The number of rotatable bonds is 6. The highest BCUT2D eigenvalue weighted by Crippen LogP contribution is 2.48. The van der Waals surface area contributed by atoms with E-state index in [4.69, 9.17) is 0 Å². The molecule has 0 spiro atoms. The zero-order valence-corrected chi connectivity index (χ0v) is 14.8. The molecule has 0 saturated carbocycles. The average molecular weight is 331 g/mol. The number of nitrogens with zero attached hydrogens (tertiary/aromatic N) is 1. The van der Waals surface area contributed by atoms with E-state index in [2.05, 4.69) is 38.3 Å². The molecule has 2 atom stereocenters. The lowest BCUT2D eigenvalue weighted by atomic mass is 9.74. The Hall–Kier alpha value is -2.61. The van der Waals surface area contributed by atoms with Crippen LogP contribution in [0.2, 0.25) is 0 Å². The Morgan fingerprint density at radius 1 is 1.08 bits per heavy atom. The molecule has 0 aromatic heterocycles. The van der Waals surface area contributed by atoms with Crippen LogP contribution in [0.1, 0.15) is 30.9 Å². The average Bonchev–Trinajstić information content (AvgIpc) is 2.86. The number of carbonyl (C=O) groups excluding carboxylic acids is 1. The molecule has 1 heterocycles. The van der Waals surface area contributed by atoms with Gasteiger partial charge in [-0.3, -0.25) is 4.79 Å². The van der Waals surface area contributed by atoms with Crippen LogP contribution in [-0.2, 0) is 16.6 Å². The van der Waals surface area contributed by atoms with E-state index in [1.54, 1.807) is 0 Å². The van der Waals surface area contributed by atoms with Crippen molar-refractivity contribution in [1.82, 2.24) is 0 Å². The van der Waals surface area contributed by atoms with E-state index >= 15 is 0 Å². The molecule has 1 amide bonds. The van der Waals surface area contributed by atoms with Crippen molar-refractivity contribution in [3.63, 3.8) is 0 Å². The van der Waals surface area contributed by atoms with Gasteiger partial charge in [-0.05, 0) is 30.0 Å². The highest BCUT2D eigenvalue weighted by atomic mass is 16.2. The maximum Gasteiger partial charge on any atom is 0.231 e. The summed E-state index contributed by atoms with van der Waals surface area (Å²) in [6.07, 6.45) is 5.88. The Kier molecular flexibility index (Phi) is 4.89. The van der Waals surface area contributed by atoms with E-state index in [0.717, 1.165) is 24.1 Å². The molecule has 2 aromatic carbocycles. The van der Waals surface area contributed by atoms with E-state index in [-0.39, 0.29) is 17.4 Å². The second-order valence-corrected chi connectivity index (χ2v) is 6.89. The van der Waals surface area contributed by atoms with Gasteiger partial charge in [0.2, 0.25) is 5.91 Å². The molecule has 25 heavy (non-hydrogen) atoms. The van der Waals surface area contributed by atoms with E-state index in [1.165, 1.54) is 5.56 Å². The van der Waals surface area contributed by atoms with Crippen molar-refractivity contribution in [2.75, 3.05) is 4.90 Å². The number of carbonyl (C=O) groups is 1. The summed E-state index contributed by atoms with van der Waals surface area (Å²) in [5, 5.41) is 0. The van der Waals surface area contributed by atoms with Crippen LogP contribution < -0.4 is 4.90 Å². The molecular formula is C23H25NO. The zero-order chi connectivity index (χ0) is 17.9. The number of hydrogen-bond acceptors (Lipinski definition) is 1. The van der Waals surface area contributed by atoms with Crippen molar-refractivity contribution in [1.29, 1.82) is 0 Å². The van der Waals surface area contributed by atoms with Crippen LogP contribution in [-0.4, -0.2) is 11.9 Å². The predicted octanol–water partition coefficient (Wildman–Crippen LogP) is 5.05. The lowest BCUT2D eigenvalue weighted by Crippen LogP contribution is -2.46. The van der Waals surface area contributed by atoms with Gasteiger partial charge in [-0.25, -0.2) is 0 Å². The third kappa shape index (κ3) is 3.05. The van der Waals surface area contributed by atoms with Crippen molar-refractivity contribution >= 4 is 11.6 Å². The predicted molar refractivity (Wildman–Crippen MR) is 105 cm³/mol. The normalized spacial score (nSPS) is 21.6. The number of fused-ring (bicyclic) bond motifs is 1. The highest BCUT2D eigenvalue weighted by Gasteiger charge is 2.48. The summed E-state index contributed by atoms with van der Waals surface area (Å²) in [4.78, 5) is 15.2. The molecule has 0 bridgehead atoms. The summed E-state index contributed by atoms with van der Waals surface area (Å²) >= 11 is 0. The summed E-state index contributed by atoms with van der Waals surface area (Å²) < 4.78 is 0. The van der Waals surface area contributed by atoms with Gasteiger partial charge in [-0.2, -0.15) is 0 Å². The number of allylic oxidation sites excluding steroid dienone is 1. The SMILES string of the molecule is C=CCC1N(C(=O)Cc2ccccc2)c2ccccc2C1(C)CC=C. The molecule has 2 unspecified atom stereocenters. The zero-order valence-electron chi connectivity index (χ0n) is 14.8. The molecule has 2 aromatic rings. The molecule has 1 aliphatic heterocycles. The van der Waals surface area contributed by atoms with Gasteiger partial charge in [0.1, 0.15) is 0 Å². The van der Waals surface area contributed by atoms with Gasteiger partial charge in [0, 0.05) is 11.1 Å². The van der Waals surface area contributed by atoms with Gasteiger partial charge in [0.05, 0.1) is 12.5 Å². The minimum Gasteiger partial charge on any atom is -0.308 e. The van der Waals surface area contributed by atoms with Gasteiger partial charge in [-0.1, -0.05) is 67.6 Å². The van der Waals surface area contributed by atoms with Crippen LogP contribution in [0.4, 0.5) is 5.69 Å². The second kappa shape index (κ2) is 7.10. The Balaban J connectivity index is 2.02. The van der Waals surface area contributed by atoms with Crippen LogP contribution >= 0.6 is 0 Å². The molecule has 2 nitrogen and oxygen atoms in total. The molecular weight excluding hydrogens is 306 g/mol. The Morgan fingerprint density at radius 2 is 1.76 bits per heavy atom. The summed E-state index contributed by atoms with van der Waals surface area (Å²) in [6, 6.07) is 18.3. The van der Waals surface area contributed by atoms with Gasteiger partial charge in [0.25, 0.3) is 0 Å². The molecule has 128 valence electrons. The fourth-order valence-corrected chi connectivity index (χ4v) is 4.03. The van der Waals surface area contributed by atoms with Gasteiger partial charge < -0.3 is 4.90 Å². The molecule has 0 aliphatic carbocycles. The summed E-state index contributed by atoms with van der Waals surface area (Å²) in [6.45, 7) is 10.1. The molecule has 3 rings (SSSR count). The Bertz CT molecular complexity index is 780. The summed E-state index contributed by atoms with van der Waals surface area (Å²) in [7, 11) is 0. The van der Waals surface area contributed by atoms with Crippen molar-refractivity contribution in [2.24, 2.45) is 0 Å². The van der Waals surface area contributed by atoms with E-state index < -0.39 is 0 Å². The van der Waals surface area contributed by atoms with Gasteiger partial charge in [0.15, 0.2) is 0 Å². The van der Waals surface area contributed by atoms with Crippen molar-refractivity contribution < 1.29 is 4.79 Å². The minimum absolute atomic E-state index is 0.0663. The Labute approximate surface area is 150 Å². The smallest absolute Gasteiger partial charge is 0.231 e. The van der Waals surface area contributed by atoms with Crippen LogP contribution in [0.3, 0.4) is 0 Å². The van der Waals surface area contributed by atoms with Crippen LogP contribution in [0.25, 0.3) is 0 Å². The monoisotopic (exact) mass is 331 g/mol. The first-order chi connectivity index (χ1) is 12.1. The molecule has 0 fully saturated rings. The first-order valence-corrected chi connectivity index (χ1v) is 8.79. The van der Waals surface area contributed by atoms with Crippen molar-refractivity contribution in [3.05, 3.63) is 91.0 Å². The first-order valence-electron chi connectivity index (χ1n) is 8.79. The third-order valence-corrected chi connectivity index (χ3v) is 5.25. The fraction of sp³-hybridized carbons (Fsp3) is 0.261. The van der Waals surface area contributed by atoms with E-state index in [1.807, 2.05) is 53.5 Å². The summed E-state index contributed by atoms with van der Waals surface area (Å²) in [5.74, 6) is 0.137. The molecule has 2 heteroatoms. The number of amides is 1. The van der Waals surface area contributed by atoms with Gasteiger partial charge in [-0.15, -0.1) is 13.2 Å². The fourth-order valence-electron chi connectivity index (χ4n) is 4.03. The van der Waals surface area contributed by atoms with Gasteiger partial charge >= 0.3 is 0 Å². The van der Waals surface area contributed by atoms with E-state index in [0.29, 0.717) is 6.42 Å². The molecule has 0 saturated heterocycles. The lowest BCUT2D eigenvalue weighted by molar-refractivity contribution is -0.118. The number of para-hydroxylation sites is 1.